The van der Waals surface area contributed by atoms with Crippen LogP contribution in [0.4, 0.5) is 0 Å². The van der Waals surface area contributed by atoms with Gasteiger partial charge in [-0.2, -0.15) is 0 Å². The van der Waals surface area contributed by atoms with Crippen LogP contribution in [0.15, 0.2) is 0 Å². The zero-order valence-corrected chi connectivity index (χ0v) is 12.3. The second kappa shape index (κ2) is 16.4. The van der Waals surface area contributed by atoms with Crippen LogP contribution in [0.5, 0.6) is 0 Å². The monoisotopic (exact) mass is 251 g/mol. The van der Waals surface area contributed by atoms with Crippen molar-refractivity contribution < 1.29 is 4.74 Å². The Hall–Kier alpha value is -0.640. The summed E-state index contributed by atoms with van der Waals surface area (Å²) in [5.41, 5.74) is 0. The van der Waals surface area contributed by atoms with Crippen LogP contribution >= 0.6 is 0 Å². The van der Waals surface area contributed by atoms with Crippen molar-refractivity contribution in [3.8, 4) is 12.0 Å². The average molecular weight is 251 g/mol. The Morgan fingerprint density at radius 2 is 1.44 bits per heavy atom. The highest BCUT2D eigenvalue weighted by atomic mass is 16.5. The molecule has 0 unspecified atom stereocenters. The molecule has 0 aliphatic rings. The summed E-state index contributed by atoms with van der Waals surface area (Å²) in [5.74, 6) is 3.07. The lowest BCUT2D eigenvalue weighted by Crippen LogP contribution is -1.85. The summed E-state index contributed by atoms with van der Waals surface area (Å²) < 4.78 is 5.16. The second-order valence-corrected chi connectivity index (χ2v) is 4.91. The summed E-state index contributed by atoms with van der Waals surface area (Å²) in [5, 5.41) is 0. The average Bonchev–Trinajstić information content (AvgIpc) is 2.39. The minimum atomic E-state index is 0.730. The van der Waals surface area contributed by atoms with E-state index in [2.05, 4.69) is 25.9 Å². The van der Waals surface area contributed by atoms with E-state index in [9.17, 15) is 0 Å². The van der Waals surface area contributed by atoms with Crippen LogP contribution in [-0.4, -0.2) is 6.61 Å². The number of unbranched alkanes of at least 4 members (excludes halogenated alkanes) is 10. The van der Waals surface area contributed by atoms with Gasteiger partial charge < -0.3 is 4.74 Å². The summed E-state index contributed by atoms with van der Waals surface area (Å²) in [4.78, 5) is 0. The Kier molecular flexibility index (Phi) is 15.8. The molecule has 0 aromatic rings. The predicted molar refractivity (Wildman–Crippen MR) is 80.2 cm³/mol. The van der Waals surface area contributed by atoms with Crippen molar-refractivity contribution in [3.05, 3.63) is 6.92 Å². The Labute approximate surface area is 115 Å². The maximum absolute atomic E-state index is 5.16. The van der Waals surface area contributed by atoms with Gasteiger partial charge in [-0.25, -0.2) is 0 Å². The van der Waals surface area contributed by atoms with Gasteiger partial charge in [-0.15, -0.1) is 0 Å². The molecule has 0 bridgehead atoms. The van der Waals surface area contributed by atoms with E-state index in [1.165, 1.54) is 57.8 Å². The van der Waals surface area contributed by atoms with Gasteiger partial charge in [-0.3, -0.25) is 0 Å². The number of hydrogen-bond acceptors (Lipinski definition) is 1. The zero-order valence-electron chi connectivity index (χ0n) is 12.3. The van der Waals surface area contributed by atoms with Gasteiger partial charge in [-0.1, -0.05) is 77.6 Å². The van der Waals surface area contributed by atoms with Crippen LogP contribution in [-0.2, 0) is 4.74 Å². The van der Waals surface area contributed by atoms with Gasteiger partial charge >= 0.3 is 0 Å². The first-order chi connectivity index (χ1) is 8.91. The van der Waals surface area contributed by atoms with E-state index >= 15 is 0 Å². The fourth-order valence-corrected chi connectivity index (χ4v) is 1.85. The summed E-state index contributed by atoms with van der Waals surface area (Å²) in [6.07, 6.45) is 18.0. The lowest BCUT2D eigenvalue weighted by molar-refractivity contribution is 0.272. The van der Waals surface area contributed by atoms with Gasteiger partial charge in [0.05, 0.1) is 0 Å². The molecule has 0 aliphatic heterocycles. The van der Waals surface area contributed by atoms with Crippen LogP contribution in [0.3, 0.4) is 0 Å². The normalized spacial score (nSPS) is 9.89. The molecule has 1 radical (unpaired) electrons. The standard InChI is InChI=1S/C17H31O/c1-3-5-7-8-9-10-11-12-13-14-15-17-18-16-6-4-2/h2-14,16H2,1H3. The molecular weight excluding hydrogens is 220 g/mol. The maximum atomic E-state index is 5.16. The van der Waals surface area contributed by atoms with Gasteiger partial charge in [0.1, 0.15) is 12.7 Å². The van der Waals surface area contributed by atoms with Gasteiger partial charge in [0.15, 0.2) is 0 Å². The molecule has 0 N–H and O–H groups in total. The molecule has 0 aromatic heterocycles. The van der Waals surface area contributed by atoms with Crippen molar-refractivity contribution in [3.63, 3.8) is 0 Å². The molecule has 0 amide bonds. The van der Waals surface area contributed by atoms with Gasteiger partial charge in [0, 0.05) is 6.42 Å². The summed E-state index contributed by atoms with van der Waals surface area (Å²) >= 11 is 0. The van der Waals surface area contributed by atoms with E-state index in [1.54, 1.807) is 0 Å². The predicted octanol–water partition coefficient (Wildman–Crippen LogP) is 5.50. The highest BCUT2D eigenvalue weighted by molar-refractivity contribution is 4.90. The third-order valence-corrected chi connectivity index (χ3v) is 3.05. The van der Waals surface area contributed by atoms with E-state index < -0.39 is 0 Å². The largest absolute Gasteiger partial charge is 0.447 e. The quantitative estimate of drug-likeness (QED) is 0.329. The third-order valence-electron chi connectivity index (χ3n) is 3.05. The molecule has 0 atom stereocenters. The molecule has 0 fully saturated rings. The van der Waals surface area contributed by atoms with Gasteiger partial charge in [0.2, 0.25) is 0 Å². The minimum absolute atomic E-state index is 0.730. The molecule has 0 aromatic carbocycles. The Balaban J connectivity index is 3.02. The molecule has 0 aliphatic carbocycles. The van der Waals surface area contributed by atoms with Crippen LogP contribution in [0, 0.1) is 19.0 Å². The first-order valence-corrected chi connectivity index (χ1v) is 7.80. The summed E-state index contributed by atoms with van der Waals surface area (Å²) in [6, 6.07) is 0. The van der Waals surface area contributed by atoms with Crippen LogP contribution in [0.1, 0.15) is 84.0 Å². The fraction of sp³-hybridized carbons (Fsp3) is 0.824. The van der Waals surface area contributed by atoms with Crippen LogP contribution in [0.25, 0.3) is 0 Å². The van der Waals surface area contributed by atoms with Gasteiger partial charge in [-0.05, 0) is 12.8 Å². The number of rotatable bonds is 12. The molecule has 18 heavy (non-hydrogen) atoms. The molecule has 0 rings (SSSR count). The Morgan fingerprint density at radius 1 is 0.833 bits per heavy atom. The zero-order chi connectivity index (χ0) is 13.3. The van der Waals surface area contributed by atoms with Crippen molar-refractivity contribution >= 4 is 0 Å². The van der Waals surface area contributed by atoms with Crippen molar-refractivity contribution in [2.24, 2.45) is 0 Å². The van der Waals surface area contributed by atoms with Crippen molar-refractivity contribution in [2.75, 3.05) is 6.61 Å². The number of ether oxygens (including phenoxy) is 1. The molecular formula is C17H31O. The smallest absolute Gasteiger partial charge is 0.110 e. The maximum Gasteiger partial charge on any atom is 0.110 e. The molecule has 105 valence electrons. The molecule has 1 heteroatoms. The molecule has 0 heterocycles. The summed E-state index contributed by atoms with van der Waals surface area (Å²) in [7, 11) is 0. The molecule has 0 saturated carbocycles. The van der Waals surface area contributed by atoms with E-state index in [0.29, 0.717) is 0 Å². The van der Waals surface area contributed by atoms with Crippen LogP contribution in [0.2, 0.25) is 0 Å². The Bertz CT molecular complexity index is 199. The van der Waals surface area contributed by atoms with Crippen molar-refractivity contribution in [1.82, 2.24) is 0 Å². The summed E-state index contributed by atoms with van der Waals surface area (Å²) in [6.45, 7) is 6.75. The fourth-order valence-electron chi connectivity index (χ4n) is 1.85. The van der Waals surface area contributed by atoms with Crippen molar-refractivity contribution in [1.29, 1.82) is 0 Å². The van der Waals surface area contributed by atoms with E-state index in [4.69, 9.17) is 4.74 Å². The number of hydrogen-bond donors (Lipinski definition) is 0. The topological polar surface area (TPSA) is 9.23 Å². The van der Waals surface area contributed by atoms with Crippen molar-refractivity contribution in [2.45, 2.75) is 84.0 Å². The first-order valence-electron chi connectivity index (χ1n) is 7.80. The van der Waals surface area contributed by atoms with E-state index in [-0.39, 0.29) is 0 Å². The molecule has 0 saturated heterocycles. The minimum Gasteiger partial charge on any atom is -0.447 e. The SMILES string of the molecule is [CH2]CCCOC#CCCCCCCCCCCC. The third kappa shape index (κ3) is 15.4. The lowest BCUT2D eigenvalue weighted by Gasteiger charge is -2.00. The molecule has 0 spiro atoms. The highest BCUT2D eigenvalue weighted by Crippen LogP contribution is 2.10. The van der Waals surface area contributed by atoms with E-state index in [0.717, 1.165) is 25.9 Å². The van der Waals surface area contributed by atoms with Gasteiger partial charge in [0.25, 0.3) is 0 Å². The lowest BCUT2D eigenvalue weighted by atomic mass is 10.1. The highest BCUT2D eigenvalue weighted by Gasteiger charge is 1.91. The van der Waals surface area contributed by atoms with E-state index in [1.807, 2.05) is 0 Å². The molecule has 1 nitrogen and oxygen atoms in total. The van der Waals surface area contributed by atoms with Crippen LogP contribution < -0.4 is 0 Å². The second-order valence-electron chi connectivity index (χ2n) is 4.91. The first kappa shape index (κ1) is 17.4. The Morgan fingerprint density at radius 3 is 2.06 bits per heavy atom.